The zero-order chi connectivity index (χ0) is 18.2. The van der Waals surface area contributed by atoms with Crippen molar-refractivity contribution in [3.63, 3.8) is 0 Å². The fraction of sp³-hybridized carbons (Fsp3) is 0.176. The first-order valence-electron chi connectivity index (χ1n) is 7.39. The van der Waals surface area contributed by atoms with Gasteiger partial charge >= 0.3 is 5.97 Å². The van der Waals surface area contributed by atoms with Crippen molar-refractivity contribution >= 4 is 39.3 Å². The quantitative estimate of drug-likeness (QED) is 0.607. The van der Waals surface area contributed by atoms with E-state index in [0.717, 1.165) is 14.1 Å². The Balaban J connectivity index is 1.96. The number of carbonyl (C=O) groups excluding carboxylic acids is 1. The van der Waals surface area contributed by atoms with Crippen molar-refractivity contribution in [2.24, 2.45) is 4.99 Å². The summed E-state index contributed by atoms with van der Waals surface area (Å²) in [6, 6.07) is 10.0. The lowest BCUT2D eigenvalue weighted by Gasteiger charge is -2.11. The number of carbonyl (C=O) groups is 1. The van der Waals surface area contributed by atoms with E-state index in [9.17, 15) is 13.2 Å². The van der Waals surface area contributed by atoms with Gasteiger partial charge in [-0.1, -0.05) is 6.07 Å². The molecule has 0 radical (unpaired) electrons. The highest BCUT2D eigenvalue weighted by atomic mass is 32.2. The van der Waals surface area contributed by atoms with Crippen LogP contribution in [0.3, 0.4) is 0 Å². The number of sulfonamides is 1. The molecule has 0 bridgehead atoms. The zero-order valence-corrected chi connectivity index (χ0v) is 15.5. The Morgan fingerprint density at radius 2 is 1.96 bits per heavy atom. The van der Waals surface area contributed by atoms with E-state index in [-0.39, 0.29) is 16.5 Å². The van der Waals surface area contributed by atoms with Crippen molar-refractivity contribution in [3.8, 4) is 0 Å². The Morgan fingerprint density at radius 1 is 1.20 bits per heavy atom. The molecule has 2 aromatic rings. The zero-order valence-electron chi connectivity index (χ0n) is 13.9. The fourth-order valence-electron chi connectivity index (χ4n) is 2.20. The van der Waals surface area contributed by atoms with Gasteiger partial charge in [-0.05, 0) is 43.3 Å². The third kappa shape index (κ3) is 3.55. The smallest absolute Gasteiger partial charge is 0.363 e. The second-order valence-corrected chi connectivity index (χ2v) is 9.07. The average Bonchev–Trinajstić information content (AvgIpc) is 3.14. The molecular weight excluding hydrogens is 360 g/mol. The van der Waals surface area contributed by atoms with Crippen LogP contribution < -0.4 is 0 Å². The van der Waals surface area contributed by atoms with Gasteiger partial charge in [0.15, 0.2) is 5.70 Å². The lowest BCUT2D eigenvalue weighted by atomic mass is 10.2. The number of ether oxygens (including phenoxy) is 1. The first kappa shape index (κ1) is 17.5. The fourth-order valence-corrected chi connectivity index (χ4v) is 3.96. The Kier molecular flexibility index (Phi) is 4.59. The highest BCUT2D eigenvalue weighted by molar-refractivity contribution is 7.89. The number of hydrogen-bond donors (Lipinski definition) is 0. The van der Waals surface area contributed by atoms with Crippen molar-refractivity contribution in [2.75, 3.05) is 14.1 Å². The molecule has 1 aliphatic heterocycles. The summed E-state index contributed by atoms with van der Waals surface area (Å²) in [4.78, 5) is 18.4. The number of aliphatic imine (C=N–C) groups is 1. The van der Waals surface area contributed by atoms with Crippen molar-refractivity contribution in [1.29, 1.82) is 0 Å². The molecular formula is C17H16N2O4S2. The van der Waals surface area contributed by atoms with E-state index in [0.29, 0.717) is 5.56 Å². The van der Waals surface area contributed by atoms with Crippen LogP contribution in [0.5, 0.6) is 0 Å². The molecule has 0 aliphatic carbocycles. The lowest BCUT2D eigenvalue weighted by Crippen LogP contribution is -2.22. The first-order valence-corrected chi connectivity index (χ1v) is 9.65. The minimum Gasteiger partial charge on any atom is -0.402 e. The van der Waals surface area contributed by atoms with E-state index in [1.165, 1.54) is 26.2 Å². The summed E-state index contributed by atoms with van der Waals surface area (Å²) >= 11 is 1.54. The van der Waals surface area contributed by atoms with Crippen LogP contribution in [-0.4, -0.2) is 38.7 Å². The van der Waals surface area contributed by atoms with Crippen LogP contribution in [0.15, 0.2) is 52.0 Å². The van der Waals surface area contributed by atoms with E-state index in [2.05, 4.69) is 4.99 Å². The third-order valence-corrected chi connectivity index (χ3v) is 6.28. The molecule has 0 saturated carbocycles. The van der Waals surface area contributed by atoms with Crippen molar-refractivity contribution in [2.45, 2.75) is 11.8 Å². The molecule has 0 amide bonds. The summed E-state index contributed by atoms with van der Waals surface area (Å²) in [5, 5.41) is 0. The Morgan fingerprint density at radius 3 is 2.60 bits per heavy atom. The molecule has 3 rings (SSSR count). The molecule has 0 atom stereocenters. The van der Waals surface area contributed by atoms with Crippen LogP contribution in [0.4, 0.5) is 0 Å². The molecule has 25 heavy (non-hydrogen) atoms. The summed E-state index contributed by atoms with van der Waals surface area (Å²) in [5.41, 5.74) is 0.625. The van der Waals surface area contributed by atoms with Crippen LogP contribution in [0.25, 0.3) is 6.08 Å². The summed E-state index contributed by atoms with van der Waals surface area (Å²) in [7, 11) is -0.662. The summed E-state index contributed by atoms with van der Waals surface area (Å²) in [6.07, 6.45) is 1.66. The molecule has 130 valence electrons. The molecule has 1 aromatic heterocycles. The highest BCUT2D eigenvalue weighted by Gasteiger charge is 2.26. The maximum atomic E-state index is 12.2. The number of nitrogens with zero attached hydrogens (tertiary/aromatic N) is 2. The van der Waals surface area contributed by atoms with Crippen LogP contribution in [0.1, 0.15) is 15.3 Å². The summed E-state index contributed by atoms with van der Waals surface area (Å²) in [5.74, 6) is -0.456. The van der Waals surface area contributed by atoms with Crippen molar-refractivity contribution in [1.82, 2.24) is 4.31 Å². The molecule has 0 unspecified atom stereocenters. The monoisotopic (exact) mass is 376 g/mol. The normalized spacial score (nSPS) is 16.4. The second-order valence-electron chi connectivity index (χ2n) is 5.60. The third-order valence-electron chi connectivity index (χ3n) is 3.52. The van der Waals surface area contributed by atoms with Gasteiger partial charge in [-0.25, -0.2) is 22.5 Å². The van der Waals surface area contributed by atoms with E-state index in [1.54, 1.807) is 29.5 Å². The van der Waals surface area contributed by atoms with Gasteiger partial charge in [0.1, 0.15) is 0 Å². The Bertz CT molecular complexity index is 1000. The van der Waals surface area contributed by atoms with E-state index in [4.69, 9.17) is 4.74 Å². The van der Waals surface area contributed by atoms with Crippen LogP contribution >= 0.6 is 11.3 Å². The summed E-state index contributed by atoms with van der Waals surface area (Å²) < 4.78 is 30.8. The molecule has 0 saturated heterocycles. The first-order chi connectivity index (χ1) is 11.8. The maximum Gasteiger partial charge on any atom is 0.363 e. The van der Waals surface area contributed by atoms with Gasteiger partial charge in [-0.15, -0.1) is 11.3 Å². The van der Waals surface area contributed by atoms with Crippen molar-refractivity contribution < 1.29 is 17.9 Å². The summed E-state index contributed by atoms with van der Waals surface area (Å²) in [6.45, 7) is 1.98. The molecule has 1 aromatic carbocycles. The average molecular weight is 376 g/mol. The van der Waals surface area contributed by atoms with Gasteiger partial charge in [0.25, 0.3) is 0 Å². The second kappa shape index (κ2) is 6.55. The Hall–Kier alpha value is -2.29. The van der Waals surface area contributed by atoms with Gasteiger partial charge in [0.05, 0.1) is 4.90 Å². The number of aryl methyl sites for hydroxylation is 1. The minimum atomic E-state index is -3.58. The van der Waals surface area contributed by atoms with Crippen LogP contribution in [0.2, 0.25) is 0 Å². The predicted molar refractivity (Wildman–Crippen MR) is 97.0 cm³/mol. The predicted octanol–water partition coefficient (Wildman–Crippen LogP) is 2.65. The molecule has 2 heterocycles. The molecule has 0 N–H and O–H groups in total. The van der Waals surface area contributed by atoms with Crippen molar-refractivity contribution in [3.05, 3.63) is 57.4 Å². The number of thiophene rings is 1. The van der Waals surface area contributed by atoms with Crippen LogP contribution in [0, 0.1) is 6.92 Å². The number of cyclic esters (lactones) is 1. The van der Waals surface area contributed by atoms with Gasteiger partial charge in [0.2, 0.25) is 15.9 Å². The van der Waals surface area contributed by atoms with E-state index >= 15 is 0 Å². The largest absolute Gasteiger partial charge is 0.402 e. The number of hydrogen-bond acceptors (Lipinski definition) is 6. The Labute approximate surface area is 150 Å². The SMILES string of the molecule is Cc1ccc(/C=C2/N=C(c3cccc(S(=O)(=O)N(C)C)c3)OC2=O)s1. The van der Waals surface area contributed by atoms with E-state index < -0.39 is 16.0 Å². The minimum absolute atomic E-state index is 0.0975. The lowest BCUT2D eigenvalue weighted by molar-refractivity contribution is -0.129. The molecule has 0 spiro atoms. The van der Waals surface area contributed by atoms with Gasteiger partial charge in [-0.3, -0.25) is 0 Å². The maximum absolute atomic E-state index is 12.2. The molecule has 1 aliphatic rings. The van der Waals surface area contributed by atoms with Crippen LogP contribution in [-0.2, 0) is 19.6 Å². The number of esters is 1. The standard InChI is InChI=1S/C17H16N2O4S2/c1-11-7-8-13(24-11)10-15-17(20)23-16(18-15)12-5-4-6-14(9-12)25(21,22)19(2)3/h4-10H,1-3H3/b15-10+. The highest BCUT2D eigenvalue weighted by Crippen LogP contribution is 2.24. The van der Waals surface area contributed by atoms with Gasteiger partial charge in [-0.2, -0.15) is 0 Å². The van der Waals surface area contributed by atoms with Gasteiger partial charge in [0, 0.05) is 29.4 Å². The molecule has 0 fully saturated rings. The number of benzene rings is 1. The topological polar surface area (TPSA) is 76.0 Å². The molecule has 8 heteroatoms. The number of rotatable bonds is 4. The van der Waals surface area contributed by atoms with Gasteiger partial charge < -0.3 is 4.74 Å². The van der Waals surface area contributed by atoms with E-state index in [1.807, 2.05) is 19.1 Å². The molecule has 6 nitrogen and oxygen atoms in total.